The third kappa shape index (κ3) is 4.40. The molecule has 0 bridgehead atoms. The molecule has 1 saturated heterocycles. The molecule has 29 heavy (non-hydrogen) atoms. The fraction of sp³-hybridized carbons (Fsp3) is 0.200. The molecule has 2 aromatic carbocycles. The Balaban J connectivity index is 1.56. The van der Waals surface area contributed by atoms with Crippen LogP contribution in [0.5, 0.6) is 0 Å². The minimum Gasteiger partial charge on any atom is -0.454 e. The number of anilines is 1. The monoisotopic (exact) mass is 399 g/mol. The molecule has 9 heteroatoms. The predicted molar refractivity (Wildman–Crippen MR) is 100 cm³/mol. The highest BCUT2D eigenvalue weighted by molar-refractivity contribution is 6.08. The molecule has 4 amide bonds. The lowest BCUT2D eigenvalue weighted by molar-refractivity contribution is -0.150. The third-order valence-electron chi connectivity index (χ3n) is 4.39. The van der Waals surface area contributed by atoms with Crippen molar-refractivity contribution in [2.45, 2.75) is 12.5 Å². The largest absolute Gasteiger partial charge is 0.454 e. The van der Waals surface area contributed by atoms with Crippen LogP contribution in [0, 0.1) is 5.82 Å². The zero-order chi connectivity index (χ0) is 21.0. The Bertz CT molecular complexity index is 966. The molecule has 2 N–H and O–H groups in total. The van der Waals surface area contributed by atoms with Crippen LogP contribution in [0.25, 0.3) is 0 Å². The molecule has 0 spiro atoms. The Morgan fingerprint density at radius 1 is 1.14 bits per heavy atom. The van der Waals surface area contributed by atoms with Crippen molar-refractivity contribution in [2.75, 3.05) is 18.5 Å². The van der Waals surface area contributed by atoms with Crippen LogP contribution in [0.3, 0.4) is 0 Å². The quantitative estimate of drug-likeness (QED) is 0.569. The van der Waals surface area contributed by atoms with Crippen molar-refractivity contribution in [1.29, 1.82) is 0 Å². The summed E-state index contributed by atoms with van der Waals surface area (Å²) in [6.45, 7) is 0.260. The van der Waals surface area contributed by atoms with Crippen molar-refractivity contribution < 1.29 is 28.3 Å². The van der Waals surface area contributed by atoms with Crippen molar-refractivity contribution >= 4 is 29.5 Å². The van der Waals surface area contributed by atoms with E-state index in [1.54, 1.807) is 37.3 Å². The summed E-state index contributed by atoms with van der Waals surface area (Å²) < 4.78 is 17.9. The summed E-state index contributed by atoms with van der Waals surface area (Å²) in [4.78, 5) is 49.5. The van der Waals surface area contributed by atoms with Crippen molar-refractivity contribution in [1.82, 2.24) is 10.2 Å². The summed E-state index contributed by atoms with van der Waals surface area (Å²) >= 11 is 0. The maximum Gasteiger partial charge on any atom is 0.326 e. The molecule has 1 heterocycles. The summed E-state index contributed by atoms with van der Waals surface area (Å²) in [6, 6.07) is 13.1. The average Bonchev–Trinajstić information content (AvgIpc) is 2.91. The normalized spacial score (nSPS) is 18.3. The van der Waals surface area contributed by atoms with Gasteiger partial charge < -0.3 is 15.4 Å². The highest BCUT2D eigenvalue weighted by Gasteiger charge is 2.49. The van der Waals surface area contributed by atoms with Crippen LogP contribution in [0.15, 0.2) is 54.6 Å². The number of esters is 1. The number of carbonyl (C=O) groups is 4. The number of hydrogen-bond acceptors (Lipinski definition) is 5. The summed E-state index contributed by atoms with van der Waals surface area (Å²) in [5, 5.41) is 4.94. The van der Waals surface area contributed by atoms with Gasteiger partial charge in [-0.25, -0.2) is 9.18 Å². The smallest absolute Gasteiger partial charge is 0.326 e. The number of carbonyl (C=O) groups excluding carboxylic acids is 4. The fourth-order valence-electron chi connectivity index (χ4n) is 2.89. The molecule has 0 radical (unpaired) electrons. The van der Waals surface area contributed by atoms with E-state index in [1.807, 2.05) is 0 Å². The molecule has 0 aromatic heterocycles. The topological polar surface area (TPSA) is 105 Å². The Morgan fingerprint density at radius 3 is 2.55 bits per heavy atom. The maximum atomic E-state index is 13.1. The highest BCUT2D eigenvalue weighted by Crippen LogP contribution is 2.28. The van der Waals surface area contributed by atoms with E-state index in [0.717, 1.165) is 11.0 Å². The van der Waals surface area contributed by atoms with Crippen molar-refractivity contribution in [3.05, 3.63) is 66.0 Å². The molecular formula is C20H18FN3O5. The minimum absolute atomic E-state index is 0.207. The number of rotatable bonds is 6. The van der Waals surface area contributed by atoms with Gasteiger partial charge in [0, 0.05) is 5.69 Å². The van der Waals surface area contributed by atoms with Crippen LogP contribution in [0.4, 0.5) is 14.9 Å². The van der Waals surface area contributed by atoms with Crippen LogP contribution in [0.2, 0.25) is 0 Å². The number of halogens is 1. The van der Waals surface area contributed by atoms with Gasteiger partial charge in [-0.3, -0.25) is 19.3 Å². The molecule has 8 nitrogen and oxygen atoms in total. The van der Waals surface area contributed by atoms with Crippen molar-refractivity contribution in [2.24, 2.45) is 0 Å². The maximum absolute atomic E-state index is 13.1. The van der Waals surface area contributed by atoms with Gasteiger partial charge in [-0.05, 0) is 30.7 Å². The molecule has 0 saturated carbocycles. The van der Waals surface area contributed by atoms with E-state index in [0.29, 0.717) is 5.56 Å². The Labute approximate surface area is 165 Å². The molecular weight excluding hydrogens is 381 g/mol. The van der Waals surface area contributed by atoms with Gasteiger partial charge in [-0.15, -0.1) is 0 Å². The second kappa shape index (κ2) is 8.09. The van der Waals surface area contributed by atoms with Crippen LogP contribution in [0.1, 0.15) is 12.5 Å². The summed E-state index contributed by atoms with van der Waals surface area (Å²) in [6.07, 6.45) is 0. The lowest BCUT2D eigenvalue weighted by atomic mass is 9.92. The molecule has 0 aliphatic carbocycles. The highest BCUT2D eigenvalue weighted by atomic mass is 19.1. The van der Waals surface area contributed by atoms with Crippen LogP contribution in [-0.2, 0) is 24.7 Å². The number of ether oxygens (including phenoxy) is 1. The first-order valence-electron chi connectivity index (χ1n) is 8.70. The molecule has 0 unspecified atom stereocenters. The van der Waals surface area contributed by atoms with E-state index in [1.165, 1.54) is 18.2 Å². The lowest BCUT2D eigenvalue weighted by Gasteiger charge is -2.21. The van der Waals surface area contributed by atoms with Gasteiger partial charge in [0.2, 0.25) is 0 Å². The van der Waals surface area contributed by atoms with Gasteiger partial charge in [0.25, 0.3) is 11.8 Å². The van der Waals surface area contributed by atoms with Gasteiger partial charge in [0.05, 0.1) is 0 Å². The van der Waals surface area contributed by atoms with Gasteiger partial charge in [0.15, 0.2) is 6.61 Å². The van der Waals surface area contributed by atoms with Crippen molar-refractivity contribution in [3.8, 4) is 0 Å². The second-order valence-electron chi connectivity index (χ2n) is 6.53. The SMILES string of the molecule is C[C@@]1(c2ccccc2)NC(=O)N(CC(=O)OCC(=O)Nc2cccc(F)c2)C1=O. The Hall–Kier alpha value is -3.75. The summed E-state index contributed by atoms with van der Waals surface area (Å²) in [5.41, 5.74) is -0.518. The third-order valence-corrected chi connectivity index (χ3v) is 4.39. The van der Waals surface area contributed by atoms with E-state index in [4.69, 9.17) is 4.74 Å². The zero-order valence-electron chi connectivity index (χ0n) is 15.5. The number of hydrogen-bond donors (Lipinski definition) is 2. The molecule has 3 rings (SSSR count). The predicted octanol–water partition coefficient (Wildman–Crippen LogP) is 1.77. The zero-order valence-corrected chi connectivity index (χ0v) is 15.5. The van der Waals surface area contributed by atoms with E-state index in [-0.39, 0.29) is 5.69 Å². The number of nitrogens with zero attached hydrogens (tertiary/aromatic N) is 1. The molecule has 150 valence electrons. The number of urea groups is 1. The molecule has 2 aromatic rings. The van der Waals surface area contributed by atoms with Gasteiger partial charge in [0.1, 0.15) is 17.9 Å². The second-order valence-corrected chi connectivity index (χ2v) is 6.53. The average molecular weight is 399 g/mol. The molecule has 1 atom stereocenters. The molecule has 1 aliphatic rings. The van der Waals surface area contributed by atoms with Gasteiger partial charge in [-0.1, -0.05) is 36.4 Å². The van der Waals surface area contributed by atoms with E-state index in [2.05, 4.69) is 10.6 Å². The number of benzene rings is 2. The van der Waals surface area contributed by atoms with Crippen LogP contribution >= 0.6 is 0 Å². The van der Waals surface area contributed by atoms with E-state index < -0.39 is 48.3 Å². The standard InChI is InChI=1S/C20H18FN3O5/c1-20(13-6-3-2-4-7-13)18(27)24(19(28)23-20)11-17(26)29-12-16(25)22-15-9-5-8-14(21)10-15/h2-10H,11-12H2,1H3,(H,22,25)(H,23,28)/t20-/m0/s1. The Kier molecular flexibility index (Phi) is 5.58. The van der Waals surface area contributed by atoms with Crippen molar-refractivity contribution in [3.63, 3.8) is 0 Å². The van der Waals surface area contributed by atoms with Gasteiger partial charge >= 0.3 is 12.0 Å². The molecule has 1 fully saturated rings. The Morgan fingerprint density at radius 2 is 1.86 bits per heavy atom. The van der Waals surface area contributed by atoms with Gasteiger partial charge in [-0.2, -0.15) is 0 Å². The van der Waals surface area contributed by atoms with Crippen LogP contribution in [-0.4, -0.2) is 41.9 Å². The lowest BCUT2D eigenvalue weighted by Crippen LogP contribution is -2.41. The first-order valence-corrected chi connectivity index (χ1v) is 8.70. The number of amides is 4. The van der Waals surface area contributed by atoms with E-state index >= 15 is 0 Å². The summed E-state index contributed by atoms with van der Waals surface area (Å²) in [7, 11) is 0. The van der Waals surface area contributed by atoms with Crippen LogP contribution < -0.4 is 10.6 Å². The number of imide groups is 1. The first-order chi connectivity index (χ1) is 13.8. The molecule has 1 aliphatic heterocycles. The summed E-state index contributed by atoms with van der Waals surface area (Å²) in [5.74, 6) is -2.75. The number of nitrogens with one attached hydrogen (secondary N) is 2. The minimum atomic E-state index is -1.30. The fourth-order valence-corrected chi connectivity index (χ4v) is 2.89. The van der Waals surface area contributed by atoms with E-state index in [9.17, 15) is 23.6 Å². The first kappa shape index (κ1) is 20.0.